The van der Waals surface area contributed by atoms with Crippen LogP contribution in [0.2, 0.25) is 0 Å². The fraction of sp³-hybridized carbons (Fsp3) is 0.667. The largest absolute Gasteiger partial charge is 0.145 e. The molecule has 0 spiro atoms. The second-order valence-electron chi connectivity index (χ2n) is 4.10. The first-order valence-corrected chi connectivity index (χ1v) is 6.01. The fourth-order valence-corrected chi connectivity index (χ4v) is 2.55. The molecule has 0 fully saturated rings. The highest BCUT2D eigenvalue weighted by molar-refractivity contribution is 7.12. The Morgan fingerprint density at radius 2 is 2.00 bits per heavy atom. The average molecular weight is 196 g/mol. The van der Waals surface area contributed by atoms with Gasteiger partial charge in [0.25, 0.3) is 0 Å². The minimum absolute atomic E-state index is 0.744. The summed E-state index contributed by atoms with van der Waals surface area (Å²) >= 11 is 1.95. The van der Waals surface area contributed by atoms with Gasteiger partial charge < -0.3 is 0 Å². The Morgan fingerprint density at radius 1 is 1.31 bits per heavy atom. The van der Waals surface area contributed by atoms with E-state index in [1.807, 2.05) is 11.3 Å². The van der Waals surface area contributed by atoms with Gasteiger partial charge in [-0.3, -0.25) is 0 Å². The van der Waals surface area contributed by atoms with E-state index >= 15 is 0 Å². The van der Waals surface area contributed by atoms with Crippen molar-refractivity contribution in [1.82, 2.24) is 0 Å². The molecule has 0 N–H and O–H groups in total. The first-order valence-electron chi connectivity index (χ1n) is 5.19. The molecule has 0 amide bonds. The summed E-state index contributed by atoms with van der Waals surface area (Å²) in [7, 11) is 0. The van der Waals surface area contributed by atoms with Gasteiger partial charge in [0.05, 0.1) is 0 Å². The predicted molar refractivity (Wildman–Crippen MR) is 61.5 cm³/mol. The highest BCUT2D eigenvalue weighted by Crippen LogP contribution is 2.29. The molecule has 0 aromatic carbocycles. The van der Waals surface area contributed by atoms with Gasteiger partial charge in [0.2, 0.25) is 0 Å². The normalized spacial score (nSPS) is 15.7. The lowest BCUT2D eigenvalue weighted by molar-refractivity contribution is 0.474. The van der Waals surface area contributed by atoms with E-state index in [-0.39, 0.29) is 0 Å². The monoisotopic (exact) mass is 196 g/mol. The molecule has 1 heterocycles. The van der Waals surface area contributed by atoms with Crippen LogP contribution in [0.4, 0.5) is 0 Å². The number of rotatable bonds is 4. The van der Waals surface area contributed by atoms with Crippen LogP contribution in [0.3, 0.4) is 0 Å². The molecule has 74 valence electrons. The highest BCUT2D eigenvalue weighted by atomic mass is 32.1. The van der Waals surface area contributed by atoms with E-state index in [4.69, 9.17) is 0 Å². The minimum atomic E-state index is 0.744. The van der Waals surface area contributed by atoms with Crippen LogP contribution in [-0.4, -0.2) is 0 Å². The Morgan fingerprint density at radius 3 is 2.46 bits per heavy atom. The lowest BCUT2D eigenvalue weighted by Crippen LogP contribution is -1.98. The molecule has 1 aromatic heterocycles. The highest BCUT2D eigenvalue weighted by Gasteiger charge is 2.10. The van der Waals surface area contributed by atoms with Crippen LogP contribution in [0, 0.1) is 12.8 Å². The Labute approximate surface area is 86.0 Å². The van der Waals surface area contributed by atoms with Crippen molar-refractivity contribution in [3.63, 3.8) is 0 Å². The topological polar surface area (TPSA) is 0 Å². The van der Waals surface area contributed by atoms with E-state index in [1.165, 1.54) is 17.7 Å². The molecule has 13 heavy (non-hydrogen) atoms. The SMILES string of the molecule is CCC(C)C[C@H](C)c1ccc(C)s1. The maximum atomic E-state index is 2.34. The number of hydrogen-bond donors (Lipinski definition) is 0. The summed E-state index contributed by atoms with van der Waals surface area (Å²) in [6, 6.07) is 4.51. The van der Waals surface area contributed by atoms with Crippen molar-refractivity contribution in [3.8, 4) is 0 Å². The van der Waals surface area contributed by atoms with Crippen LogP contribution in [0.25, 0.3) is 0 Å². The maximum Gasteiger partial charge on any atom is 0.00763 e. The molecule has 2 atom stereocenters. The average Bonchev–Trinajstić information content (AvgIpc) is 2.51. The first-order chi connectivity index (χ1) is 6.13. The third-order valence-corrected chi connectivity index (χ3v) is 3.93. The van der Waals surface area contributed by atoms with Crippen molar-refractivity contribution in [1.29, 1.82) is 0 Å². The van der Waals surface area contributed by atoms with Crippen LogP contribution in [0.5, 0.6) is 0 Å². The predicted octanol–water partition coefficient (Wildman–Crippen LogP) is 4.60. The zero-order valence-electron chi connectivity index (χ0n) is 9.13. The second kappa shape index (κ2) is 4.80. The van der Waals surface area contributed by atoms with Gasteiger partial charge in [-0.25, -0.2) is 0 Å². The van der Waals surface area contributed by atoms with Crippen molar-refractivity contribution in [3.05, 3.63) is 21.9 Å². The molecule has 0 nitrogen and oxygen atoms in total. The zero-order valence-corrected chi connectivity index (χ0v) is 9.95. The molecular formula is C12H20S. The van der Waals surface area contributed by atoms with E-state index in [9.17, 15) is 0 Å². The molecule has 0 bridgehead atoms. The number of thiophene rings is 1. The molecular weight excluding hydrogens is 176 g/mol. The van der Waals surface area contributed by atoms with Crippen molar-refractivity contribution >= 4 is 11.3 Å². The molecule has 0 radical (unpaired) electrons. The molecule has 1 heteroatoms. The van der Waals surface area contributed by atoms with E-state index in [0.717, 1.165) is 11.8 Å². The molecule has 0 saturated carbocycles. The van der Waals surface area contributed by atoms with Crippen LogP contribution in [0.15, 0.2) is 12.1 Å². The van der Waals surface area contributed by atoms with Crippen molar-refractivity contribution < 1.29 is 0 Å². The molecule has 1 aromatic rings. The van der Waals surface area contributed by atoms with Gasteiger partial charge in [-0.2, -0.15) is 0 Å². The van der Waals surface area contributed by atoms with Gasteiger partial charge in [0.1, 0.15) is 0 Å². The molecule has 0 aliphatic heterocycles. The van der Waals surface area contributed by atoms with Gasteiger partial charge in [0.15, 0.2) is 0 Å². The smallest absolute Gasteiger partial charge is 0.00763 e. The zero-order chi connectivity index (χ0) is 9.84. The Kier molecular flexibility index (Phi) is 3.98. The summed E-state index contributed by atoms with van der Waals surface area (Å²) in [5.41, 5.74) is 0. The van der Waals surface area contributed by atoms with Gasteiger partial charge in [-0.15, -0.1) is 11.3 Å². The minimum Gasteiger partial charge on any atom is -0.145 e. The van der Waals surface area contributed by atoms with E-state index < -0.39 is 0 Å². The molecule has 1 rings (SSSR count). The van der Waals surface area contributed by atoms with Gasteiger partial charge in [-0.05, 0) is 37.3 Å². The Bertz CT molecular complexity index is 249. The standard InChI is InChI=1S/C12H20S/c1-5-9(2)8-10(3)12-7-6-11(4)13-12/h6-7,9-10H,5,8H2,1-4H3/t9?,10-/m0/s1. The van der Waals surface area contributed by atoms with Gasteiger partial charge >= 0.3 is 0 Å². The summed E-state index contributed by atoms with van der Waals surface area (Å²) in [6.45, 7) is 9.15. The Hall–Kier alpha value is -0.300. The van der Waals surface area contributed by atoms with E-state index in [1.54, 1.807) is 4.88 Å². The first kappa shape index (κ1) is 10.8. The lowest BCUT2D eigenvalue weighted by Gasteiger charge is -2.13. The van der Waals surface area contributed by atoms with E-state index in [0.29, 0.717) is 0 Å². The Balaban J connectivity index is 2.53. The third kappa shape index (κ3) is 3.15. The summed E-state index contributed by atoms with van der Waals surface area (Å²) in [4.78, 5) is 2.99. The summed E-state index contributed by atoms with van der Waals surface area (Å²) in [5, 5.41) is 0. The van der Waals surface area contributed by atoms with E-state index in [2.05, 4.69) is 39.8 Å². The maximum absolute atomic E-state index is 2.34. The number of aryl methyl sites for hydroxylation is 1. The third-order valence-electron chi connectivity index (χ3n) is 2.70. The summed E-state index contributed by atoms with van der Waals surface area (Å²) < 4.78 is 0. The van der Waals surface area contributed by atoms with Gasteiger partial charge in [0, 0.05) is 9.75 Å². The second-order valence-corrected chi connectivity index (χ2v) is 5.42. The summed E-state index contributed by atoms with van der Waals surface area (Å²) in [6.07, 6.45) is 2.63. The number of hydrogen-bond acceptors (Lipinski definition) is 1. The molecule has 0 aliphatic carbocycles. The molecule has 0 aliphatic rings. The fourth-order valence-electron chi connectivity index (χ4n) is 1.60. The summed E-state index contributed by atoms with van der Waals surface area (Å²) in [5.74, 6) is 1.60. The van der Waals surface area contributed by atoms with Crippen LogP contribution >= 0.6 is 11.3 Å². The van der Waals surface area contributed by atoms with Crippen LogP contribution in [0.1, 0.15) is 49.3 Å². The van der Waals surface area contributed by atoms with Gasteiger partial charge in [-0.1, -0.05) is 27.2 Å². The molecule has 1 unspecified atom stereocenters. The lowest BCUT2D eigenvalue weighted by atomic mass is 9.94. The van der Waals surface area contributed by atoms with Crippen molar-refractivity contribution in [2.45, 2.75) is 46.5 Å². The van der Waals surface area contributed by atoms with Crippen LogP contribution in [-0.2, 0) is 0 Å². The van der Waals surface area contributed by atoms with Crippen molar-refractivity contribution in [2.24, 2.45) is 5.92 Å². The van der Waals surface area contributed by atoms with Crippen molar-refractivity contribution in [2.75, 3.05) is 0 Å². The van der Waals surface area contributed by atoms with Crippen LogP contribution < -0.4 is 0 Å². The molecule has 0 saturated heterocycles. The quantitative estimate of drug-likeness (QED) is 0.660.